The van der Waals surface area contributed by atoms with Crippen LogP contribution in [0.2, 0.25) is 0 Å². The second-order valence-corrected chi connectivity index (χ2v) is 5.13. The second-order valence-electron chi connectivity index (χ2n) is 5.13. The summed E-state index contributed by atoms with van der Waals surface area (Å²) in [5.41, 5.74) is -0.349. The fourth-order valence-electron chi connectivity index (χ4n) is 2.08. The SMILES string of the molecule is C#CC(C)NC(=O)C(C)(C)C1CCCNC1. The van der Waals surface area contributed by atoms with Gasteiger partial charge in [0.1, 0.15) is 0 Å². The molecule has 2 N–H and O–H groups in total. The van der Waals surface area contributed by atoms with Crippen LogP contribution in [0.4, 0.5) is 0 Å². The first-order valence-corrected chi connectivity index (χ1v) is 5.96. The van der Waals surface area contributed by atoms with Crippen molar-refractivity contribution in [2.45, 2.75) is 39.7 Å². The third kappa shape index (κ3) is 2.99. The molecule has 0 aromatic heterocycles. The minimum absolute atomic E-state index is 0.0617. The Balaban J connectivity index is 2.61. The van der Waals surface area contributed by atoms with Crippen molar-refractivity contribution in [3.63, 3.8) is 0 Å². The number of nitrogens with one attached hydrogen (secondary N) is 2. The number of piperidine rings is 1. The molecule has 2 unspecified atom stereocenters. The molecular formula is C13H22N2O. The molecule has 1 aliphatic heterocycles. The van der Waals surface area contributed by atoms with Crippen molar-refractivity contribution in [2.75, 3.05) is 13.1 Å². The van der Waals surface area contributed by atoms with Crippen molar-refractivity contribution < 1.29 is 4.79 Å². The molecule has 90 valence electrons. The van der Waals surface area contributed by atoms with Gasteiger partial charge in [0.15, 0.2) is 0 Å². The van der Waals surface area contributed by atoms with E-state index in [1.165, 1.54) is 0 Å². The molecule has 1 saturated heterocycles. The van der Waals surface area contributed by atoms with Crippen LogP contribution in [0.25, 0.3) is 0 Å². The van der Waals surface area contributed by atoms with Crippen molar-refractivity contribution >= 4 is 5.91 Å². The van der Waals surface area contributed by atoms with Crippen LogP contribution in [-0.4, -0.2) is 25.0 Å². The molecule has 0 saturated carbocycles. The zero-order valence-electron chi connectivity index (χ0n) is 10.5. The van der Waals surface area contributed by atoms with E-state index < -0.39 is 0 Å². The van der Waals surface area contributed by atoms with E-state index in [2.05, 4.69) is 16.6 Å². The number of carbonyl (C=O) groups is 1. The zero-order valence-corrected chi connectivity index (χ0v) is 10.5. The molecule has 0 spiro atoms. The van der Waals surface area contributed by atoms with Gasteiger partial charge in [0, 0.05) is 5.41 Å². The first kappa shape index (κ1) is 13.1. The monoisotopic (exact) mass is 222 g/mol. The molecule has 0 bridgehead atoms. The van der Waals surface area contributed by atoms with E-state index in [-0.39, 0.29) is 17.4 Å². The predicted octanol–water partition coefficient (Wildman–Crippen LogP) is 1.15. The smallest absolute Gasteiger partial charge is 0.226 e. The molecule has 2 atom stereocenters. The second kappa shape index (κ2) is 5.36. The summed E-state index contributed by atoms with van der Waals surface area (Å²) in [4.78, 5) is 12.1. The molecule has 1 fully saturated rings. The molecular weight excluding hydrogens is 200 g/mol. The first-order valence-electron chi connectivity index (χ1n) is 5.96. The van der Waals surface area contributed by atoms with E-state index in [9.17, 15) is 4.79 Å². The van der Waals surface area contributed by atoms with Gasteiger partial charge in [0.2, 0.25) is 5.91 Å². The number of carbonyl (C=O) groups excluding carboxylic acids is 1. The van der Waals surface area contributed by atoms with E-state index >= 15 is 0 Å². The Morgan fingerprint density at radius 2 is 2.31 bits per heavy atom. The van der Waals surface area contributed by atoms with Gasteiger partial charge in [-0.05, 0) is 38.8 Å². The lowest BCUT2D eigenvalue weighted by molar-refractivity contribution is -0.132. The van der Waals surface area contributed by atoms with Crippen molar-refractivity contribution in [2.24, 2.45) is 11.3 Å². The number of rotatable bonds is 3. The van der Waals surface area contributed by atoms with E-state index in [1.807, 2.05) is 20.8 Å². The van der Waals surface area contributed by atoms with Crippen molar-refractivity contribution in [3.8, 4) is 12.3 Å². The summed E-state index contributed by atoms with van der Waals surface area (Å²) in [6.07, 6.45) is 7.52. The van der Waals surface area contributed by atoms with Crippen LogP contribution < -0.4 is 10.6 Å². The standard InChI is InChI=1S/C13H22N2O/c1-5-10(2)15-12(16)13(3,4)11-7-6-8-14-9-11/h1,10-11,14H,6-9H2,2-4H3,(H,15,16). The summed E-state index contributed by atoms with van der Waals surface area (Å²) in [7, 11) is 0. The van der Waals surface area contributed by atoms with E-state index in [1.54, 1.807) is 0 Å². The Hall–Kier alpha value is -1.01. The van der Waals surface area contributed by atoms with E-state index in [0.717, 1.165) is 25.9 Å². The average Bonchev–Trinajstić information content (AvgIpc) is 2.29. The third-order valence-electron chi connectivity index (χ3n) is 3.50. The van der Waals surface area contributed by atoms with Gasteiger partial charge in [-0.2, -0.15) is 0 Å². The summed E-state index contributed by atoms with van der Waals surface area (Å²) in [6.45, 7) is 7.82. The normalized spacial score (nSPS) is 23.2. The summed E-state index contributed by atoms with van der Waals surface area (Å²) in [5.74, 6) is 2.98. The molecule has 16 heavy (non-hydrogen) atoms. The summed E-state index contributed by atoms with van der Waals surface area (Å²) >= 11 is 0. The Kier molecular flexibility index (Phi) is 4.37. The van der Waals surface area contributed by atoms with Crippen molar-refractivity contribution in [1.29, 1.82) is 0 Å². The van der Waals surface area contributed by atoms with E-state index in [0.29, 0.717) is 5.92 Å². The molecule has 0 aromatic carbocycles. The van der Waals surface area contributed by atoms with Crippen LogP contribution in [0.3, 0.4) is 0 Å². The molecule has 0 radical (unpaired) electrons. The molecule has 0 aliphatic carbocycles. The van der Waals surface area contributed by atoms with Crippen LogP contribution in [0.1, 0.15) is 33.6 Å². The van der Waals surface area contributed by atoms with Gasteiger partial charge in [-0.15, -0.1) is 6.42 Å². The van der Waals surface area contributed by atoms with Gasteiger partial charge >= 0.3 is 0 Å². The highest BCUT2D eigenvalue weighted by molar-refractivity contribution is 5.82. The van der Waals surface area contributed by atoms with Crippen LogP contribution in [0.5, 0.6) is 0 Å². The van der Waals surface area contributed by atoms with Gasteiger partial charge in [-0.25, -0.2) is 0 Å². The van der Waals surface area contributed by atoms with Crippen molar-refractivity contribution in [1.82, 2.24) is 10.6 Å². The summed E-state index contributed by atoms with van der Waals surface area (Å²) in [5, 5.41) is 6.21. The fraction of sp³-hybridized carbons (Fsp3) is 0.769. The quantitative estimate of drug-likeness (QED) is 0.703. The lowest BCUT2D eigenvalue weighted by atomic mass is 9.74. The average molecular weight is 222 g/mol. The Morgan fingerprint density at radius 3 is 2.81 bits per heavy atom. The van der Waals surface area contributed by atoms with Crippen molar-refractivity contribution in [3.05, 3.63) is 0 Å². The largest absolute Gasteiger partial charge is 0.342 e. The fourth-order valence-corrected chi connectivity index (χ4v) is 2.08. The summed E-state index contributed by atoms with van der Waals surface area (Å²) in [6, 6.07) is -0.191. The highest BCUT2D eigenvalue weighted by atomic mass is 16.2. The topological polar surface area (TPSA) is 41.1 Å². The minimum atomic E-state index is -0.349. The predicted molar refractivity (Wildman–Crippen MR) is 65.8 cm³/mol. The zero-order chi connectivity index (χ0) is 12.2. The van der Waals surface area contributed by atoms with Gasteiger partial charge in [-0.3, -0.25) is 4.79 Å². The number of terminal acetylenes is 1. The van der Waals surface area contributed by atoms with Gasteiger partial charge in [-0.1, -0.05) is 19.8 Å². The minimum Gasteiger partial charge on any atom is -0.342 e. The molecule has 1 amide bonds. The number of hydrogen-bond donors (Lipinski definition) is 2. The van der Waals surface area contributed by atoms with Gasteiger partial charge in [0.25, 0.3) is 0 Å². The van der Waals surface area contributed by atoms with Gasteiger partial charge in [0.05, 0.1) is 6.04 Å². The van der Waals surface area contributed by atoms with Crippen LogP contribution in [-0.2, 0) is 4.79 Å². The Bertz CT molecular complexity index is 285. The molecule has 3 nitrogen and oxygen atoms in total. The lowest BCUT2D eigenvalue weighted by Gasteiger charge is -2.36. The van der Waals surface area contributed by atoms with Gasteiger partial charge < -0.3 is 10.6 Å². The van der Waals surface area contributed by atoms with Crippen LogP contribution >= 0.6 is 0 Å². The molecule has 0 aromatic rings. The maximum atomic E-state index is 12.1. The Labute approximate surface area is 98.4 Å². The highest BCUT2D eigenvalue weighted by Crippen LogP contribution is 2.31. The van der Waals surface area contributed by atoms with Crippen LogP contribution in [0.15, 0.2) is 0 Å². The highest BCUT2D eigenvalue weighted by Gasteiger charge is 2.37. The lowest BCUT2D eigenvalue weighted by Crippen LogP contribution is -2.49. The first-order chi connectivity index (χ1) is 7.48. The maximum absolute atomic E-state index is 12.1. The maximum Gasteiger partial charge on any atom is 0.226 e. The molecule has 1 rings (SSSR count). The molecule has 1 heterocycles. The number of hydrogen-bond acceptors (Lipinski definition) is 2. The number of amides is 1. The Morgan fingerprint density at radius 1 is 1.62 bits per heavy atom. The van der Waals surface area contributed by atoms with Crippen LogP contribution in [0, 0.1) is 23.7 Å². The molecule has 3 heteroatoms. The van der Waals surface area contributed by atoms with E-state index in [4.69, 9.17) is 6.42 Å². The third-order valence-corrected chi connectivity index (χ3v) is 3.50. The molecule has 1 aliphatic rings. The summed E-state index contributed by atoms with van der Waals surface area (Å²) < 4.78 is 0.